The van der Waals surface area contributed by atoms with Crippen LogP contribution >= 0.6 is 0 Å². The number of rotatable bonds is 8. The zero-order chi connectivity index (χ0) is 12.5. The molecule has 2 heteroatoms. The van der Waals surface area contributed by atoms with Crippen LogP contribution in [0.25, 0.3) is 0 Å². The zero-order valence-corrected chi connectivity index (χ0v) is 11.3. The van der Waals surface area contributed by atoms with Gasteiger partial charge in [-0.2, -0.15) is 0 Å². The summed E-state index contributed by atoms with van der Waals surface area (Å²) < 4.78 is 5.69. The molecule has 0 aromatic heterocycles. The first-order valence-electron chi connectivity index (χ1n) is 6.58. The van der Waals surface area contributed by atoms with E-state index in [9.17, 15) is 0 Å². The summed E-state index contributed by atoms with van der Waals surface area (Å²) >= 11 is 0. The summed E-state index contributed by atoms with van der Waals surface area (Å²) in [6.07, 6.45) is 2.29. The van der Waals surface area contributed by atoms with Gasteiger partial charge in [0.2, 0.25) is 0 Å². The molecule has 0 radical (unpaired) electrons. The van der Waals surface area contributed by atoms with Gasteiger partial charge in [-0.05, 0) is 56.5 Å². The van der Waals surface area contributed by atoms with Crippen LogP contribution in [0.3, 0.4) is 0 Å². The Bertz CT molecular complexity index is 310. The van der Waals surface area contributed by atoms with Crippen molar-refractivity contribution in [3.05, 3.63) is 29.8 Å². The van der Waals surface area contributed by atoms with Gasteiger partial charge >= 0.3 is 0 Å². The molecule has 0 fully saturated rings. The van der Waals surface area contributed by atoms with Gasteiger partial charge < -0.3 is 10.1 Å². The van der Waals surface area contributed by atoms with E-state index in [-0.39, 0.29) is 0 Å². The normalized spacial score (nSPS) is 10.8. The van der Waals surface area contributed by atoms with Gasteiger partial charge in [-0.1, -0.05) is 26.0 Å². The summed E-state index contributed by atoms with van der Waals surface area (Å²) in [4.78, 5) is 0. The summed E-state index contributed by atoms with van der Waals surface area (Å²) in [5, 5.41) is 3.44. The highest BCUT2D eigenvalue weighted by Gasteiger charge is 1.95. The first-order chi connectivity index (χ1) is 8.18. The Labute approximate surface area is 105 Å². The van der Waals surface area contributed by atoms with E-state index in [1.165, 1.54) is 12.0 Å². The van der Waals surface area contributed by atoms with Gasteiger partial charge in [0.25, 0.3) is 0 Å². The molecule has 0 atom stereocenters. The Balaban J connectivity index is 2.01. The highest BCUT2D eigenvalue weighted by atomic mass is 16.5. The lowest BCUT2D eigenvalue weighted by Crippen LogP contribution is -2.21. The van der Waals surface area contributed by atoms with Gasteiger partial charge in [-0.3, -0.25) is 0 Å². The van der Waals surface area contributed by atoms with E-state index in [2.05, 4.69) is 38.2 Å². The van der Waals surface area contributed by atoms with Crippen molar-refractivity contribution < 1.29 is 4.74 Å². The van der Waals surface area contributed by atoms with E-state index in [1.54, 1.807) is 0 Å². The van der Waals surface area contributed by atoms with Crippen LogP contribution in [0.1, 0.15) is 32.3 Å². The molecule has 0 saturated carbocycles. The maximum Gasteiger partial charge on any atom is 0.119 e. The lowest BCUT2D eigenvalue weighted by molar-refractivity contribution is 0.305. The van der Waals surface area contributed by atoms with Crippen LogP contribution in [0.15, 0.2) is 24.3 Å². The van der Waals surface area contributed by atoms with Crippen LogP contribution in [0, 0.1) is 12.8 Å². The minimum atomic E-state index is 0.735. The van der Waals surface area contributed by atoms with Gasteiger partial charge in [0, 0.05) is 0 Å². The average Bonchev–Trinajstić information content (AvgIpc) is 2.27. The number of benzene rings is 1. The summed E-state index contributed by atoms with van der Waals surface area (Å²) in [5.41, 5.74) is 1.25. The van der Waals surface area contributed by atoms with Gasteiger partial charge in [0.1, 0.15) is 5.75 Å². The largest absolute Gasteiger partial charge is 0.494 e. The van der Waals surface area contributed by atoms with Crippen molar-refractivity contribution in [2.45, 2.75) is 33.6 Å². The monoisotopic (exact) mass is 235 g/mol. The van der Waals surface area contributed by atoms with E-state index in [0.29, 0.717) is 0 Å². The van der Waals surface area contributed by atoms with E-state index >= 15 is 0 Å². The minimum Gasteiger partial charge on any atom is -0.494 e. The standard InChI is InChI=1S/C15H25NO/c1-13(2)12-16-9-4-5-10-17-15-8-6-7-14(3)11-15/h6-8,11,13,16H,4-5,9-10,12H2,1-3H3. The third-order valence-corrected chi connectivity index (χ3v) is 2.56. The van der Waals surface area contributed by atoms with Crippen molar-refractivity contribution in [1.29, 1.82) is 0 Å². The molecular weight excluding hydrogens is 210 g/mol. The smallest absolute Gasteiger partial charge is 0.119 e. The predicted octanol–water partition coefficient (Wildman–Crippen LogP) is 3.40. The maximum atomic E-state index is 5.69. The van der Waals surface area contributed by atoms with Crippen LogP contribution in [-0.2, 0) is 0 Å². The highest BCUT2D eigenvalue weighted by Crippen LogP contribution is 2.12. The molecular formula is C15H25NO. The number of nitrogens with one attached hydrogen (secondary N) is 1. The lowest BCUT2D eigenvalue weighted by Gasteiger charge is -2.08. The number of hydrogen-bond acceptors (Lipinski definition) is 2. The minimum absolute atomic E-state index is 0.735. The SMILES string of the molecule is Cc1cccc(OCCCCNCC(C)C)c1. The number of ether oxygens (including phenoxy) is 1. The van der Waals surface area contributed by atoms with Gasteiger partial charge in [-0.25, -0.2) is 0 Å². The topological polar surface area (TPSA) is 21.3 Å². The molecule has 0 amide bonds. The summed E-state index contributed by atoms with van der Waals surface area (Å²) in [5.74, 6) is 1.72. The fraction of sp³-hybridized carbons (Fsp3) is 0.600. The number of unbranched alkanes of at least 4 members (excludes halogenated alkanes) is 1. The lowest BCUT2D eigenvalue weighted by atomic mass is 10.2. The van der Waals surface area contributed by atoms with Gasteiger partial charge in [0.15, 0.2) is 0 Å². The molecule has 0 saturated heterocycles. The molecule has 1 N–H and O–H groups in total. The Kier molecular flexibility index (Phi) is 6.71. The second kappa shape index (κ2) is 8.13. The molecule has 0 aliphatic heterocycles. The molecule has 2 nitrogen and oxygen atoms in total. The van der Waals surface area contributed by atoms with Crippen molar-refractivity contribution in [3.8, 4) is 5.75 Å². The molecule has 1 aromatic rings. The Hall–Kier alpha value is -1.02. The fourth-order valence-electron chi connectivity index (χ4n) is 1.64. The predicted molar refractivity (Wildman–Crippen MR) is 73.6 cm³/mol. The Morgan fingerprint density at radius 1 is 1.24 bits per heavy atom. The zero-order valence-electron chi connectivity index (χ0n) is 11.3. The van der Waals surface area contributed by atoms with E-state index in [0.717, 1.165) is 37.8 Å². The van der Waals surface area contributed by atoms with Crippen LogP contribution < -0.4 is 10.1 Å². The van der Waals surface area contributed by atoms with Crippen molar-refractivity contribution in [2.75, 3.05) is 19.7 Å². The quantitative estimate of drug-likeness (QED) is 0.697. The molecule has 1 aromatic carbocycles. The van der Waals surface area contributed by atoms with Crippen molar-refractivity contribution in [3.63, 3.8) is 0 Å². The summed E-state index contributed by atoms with van der Waals surface area (Å²) in [6, 6.07) is 8.22. The molecule has 0 aliphatic carbocycles. The number of hydrogen-bond donors (Lipinski definition) is 1. The second-order valence-electron chi connectivity index (χ2n) is 4.97. The van der Waals surface area contributed by atoms with Gasteiger partial charge in [0.05, 0.1) is 6.61 Å². The van der Waals surface area contributed by atoms with Crippen LogP contribution in [0.5, 0.6) is 5.75 Å². The molecule has 0 heterocycles. The van der Waals surface area contributed by atoms with Crippen LogP contribution in [0.2, 0.25) is 0 Å². The first-order valence-corrected chi connectivity index (χ1v) is 6.58. The van der Waals surface area contributed by atoms with Crippen LogP contribution in [-0.4, -0.2) is 19.7 Å². The molecule has 0 spiro atoms. The Morgan fingerprint density at radius 2 is 2.06 bits per heavy atom. The van der Waals surface area contributed by atoms with Gasteiger partial charge in [-0.15, -0.1) is 0 Å². The van der Waals surface area contributed by atoms with E-state index < -0.39 is 0 Å². The van der Waals surface area contributed by atoms with Crippen LogP contribution in [0.4, 0.5) is 0 Å². The fourth-order valence-corrected chi connectivity index (χ4v) is 1.64. The average molecular weight is 235 g/mol. The molecule has 96 valence electrons. The van der Waals surface area contributed by atoms with E-state index in [1.807, 2.05) is 12.1 Å². The maximum absolute atomic E-state index is 5.69. The third kappa shape index (κ3) is 7.01. The molecule has 0 unspecified atom stereocenters. The molecule has 0 bridgehead atoms. The first kappa shape index (κ1) is 14.0. The molecule has 1 rings (SSSR count). The highest BCUT2D eigenvalue weighted by molar-refractivity contribution is 5.27. The van der Waals surface area contributed by atoms with Crippen molar-refractivity contribution in [1.82, 2.24) is 5.32 Å². The summed E-state index contributed by atoms with van der Waals surface area (Å²) in [6.45, 7) is 9.56. The molecule has 17 heavy (non-hydrogen) atoms. The number of aryl methyl sites for hydroxylation is 1. The van der Waals surface area contributed by atoms with E-state index in [4.69, 9.17) is 4.74 Å². The molecule has 0 aliphatic rings. The third-order valence-electron chi connectivity index (χ3n) is 2.56. The Morgan fingerprint density at radius 3 is 2.76 bits per heavy atom. The van der Waals surface area contributed by atoms with Crippen molar-refractivity contribution in [2.24, 2.45) is 5.92 Å². The summed E-state index contributed by atoms with van der Waals surface area (Å²) in [7, 11) is 0. The second-order valence-corrected chi connectivity index (χ2v) is 4.97. The van der Waals surface area contributed by atoms with Crippen molar-refractivity contribution >= 4 is 0 Å².